The lowest BCUT2D eigenvalue weighted by molar-refractivity contribution is -0.109. The second-order valence-electron chi connectivity index (χ2n) is 6.60. The van der Waals surface area contributed by atoms with E-state index in [0.29, 0.717) is 0 Å². The van der Waals surface area contributed by atoms with Gasteiger partial charge in [-0.25, -0.2) is 9.97 Å². The summed E-state index contributed by atoms with van der Waals surface area (Å²) in [7, 11) is 2.02. The zero-order valence-electron chi connectivity index (χ0n) is 13.4. The number of aryl methyl sites for hydroxylation is 1. The summed E-state index contributed by atoms with van der Waals surface area (Å²) in [5.41, 5.74) is 3.33. The Hall–Kier alpha value is -2.40. The minimum atomic E-state index is 0.175. The Morgan fingerprint density at radius 1 is 1.17 bits per heavy atom. The van der Waals surface area contributed by atoms with Crippen molar-refractivity contribution in [3.05, 3.63) is 49.1 Å². The number of benzene rings is 1. The lowest BCUT2D eigenvalue weighted by Gasteiger charge is -2.38. The number of imidazole rings is 2. The smallest absolute Gasteiger partial charge is 0.158 e. The van der Waals surface area contributed by atoms with Crippen molar-refractivity contribution in [2.45, 2.75) is 13.5 Å². The van der Waals surface area contributed by atoms with Crippen LogP contribution in [0.15, 0.2) is 49.1 Å². The molecule has 0 atom stereocenters. The molecule has 1 aliphatic heterocycles. The maximum Gasteiger partial charge on any atom is 0.158 e. The van der Waals surface area contributed by atoms with Crippen LogP contribution in [0.5, 0.6) is 0 Å². The third-order valence-corrected chi connectivity index (χ3v) is 4.37. The third-order valence-electron chi connectivity index (χ3n) is 4.37. The molecule has 2 aromatic heterocycles. The van der Waals surface area contributed by atoms with Gasteiger partial charge >= 0.3 is 0 Å². The van der Waals surface area contributed by atoms with Gasteiger partial charge in [0.15, 0.2) is 5.82 Å². The quantitative estimate of drug-likeness (QED) is 0.744. The molecule has 1 saturated heterocycles. The third kappa shape index (κ3) is 2.47. The summed E-state index contributed by atoms with van der Waals surface area (Å²) < 4.78 is 9.66. The van der Waals surface area contributed by atoms with Crippen LogP contribution in [0.1, 0.15) is 6.92 Å². The Morgan fingerprint density at radius 2 is 1.96 bits per heavy atom. The van der Waals surface area contributed by atoms with Crippen molar-refractivity contribution in [1.82, 2.24) is 19.1 Å². The number of rotatable bonds is 4. The van der Waals surface area contributed by atoms with Crippen LogP contribution in [0.4, 0.5) is 0 Å². The Morgan fingerprint density at radius 3 is 2.57 bits per heavy atom. The fraction of sp³-hybridized carbons (Fsp3) is 0.333. The fourth-order valence-electron chi connectivity index (χ4n) is 3.09. The van der Waals surface area contributed by atoms with Gasteiger partial charge in [-0.05, 0) is 0 Å². The first-order chi connectivity index (χ1) is 11.2. The van der Waals surface area contributed by atoms with Crippen LogP contribution in [0.2, 0.25) is 0 Å². The highest BCUT2D eigenvalue weighted by atomic mass is 16.5. The van der Waals surface area contributed by atoms with E-state index in [0.717, 1.165) is 42.5 Å². The Labute approximate surface area is 135 Å². The summed E-state index contributed by atoms with van der Waals surface area (Å²) in [5.74, 6) is 0.935. The first-order valence-corrected chi connectivity index (χ1v) is 7.82. The first kappa shape index (κ1) is 14.2. The second kappa shape index (κ2) is 5.35. The number of hydrogen-bond donors (Lipinski definition) is 0. The number of ether oxygens (including phenoxy) is 1. The molecule has 118 valence electrons. The van der Waals surface area contributed by atoms with Gasteiger partial charge in [0.25, 0.3) is 0 Å². The molecular weight excluding hydrogens is 288 g/mol. The van der Waals surface area contributed by atoms with E-state index in [-0.39, 0.29) is 5.41 Å². The van der Waals surface area contributed by atoms with E-state index in [1.165, 1.54) is 0 Å². The maximum atomic E-state index is 5.40. The van der Waals surface area contributed by atoms with Crippen LogP contribution in [0.25, 0.3) is 22.8 Å². The van der Waals surface area contributed by atoms with Crippen molar-refractivity contribution in [2.24, 2.45) is 12.5 Å². The zero-order valence-corrected chi connectivity index (χ0v) is 13.4. The van der Waals surface area contributed by atoms with Crippen LogP contribution >= 0.6 is 0 Å². The van der Waals surface area contributed by atoms with Gasteiger partial charge in [-0.1, -0.05) is 37.3 Å². The molecule has 1 aliphatic rings. The highest BCUT2D eigenvalue weighted by molar-refractivity contribution is 5.75. The first-order valence-electron chi connectivity index (χ1n) is 7.82. The summed E-state index contributed by atoms with van der Waals surface area (Å²) in [6, 6.07) is 10.3. The van der Waals surface area contributed by atoms with Gasteiger partial charge in [0.2, 0.25) is 0 Å². The molecule has 0 bridgehead atoms. The number of hydrogen-bond acceptors (Lipinski definition) is 3. The van der Waals surface area contributed by atoms with Gasteiger partial charge in [-0.15, -0.1) is 0 Å². The summed E-state index contributed by atoms with van der Waals surface area (Å²) in [6.07, 6.45) is 5.72. The predicted molar refractivity (Wildman–Crippen MR) is 88.8 cm³/mol. The molecule has 5 heteroatoms. The minimum absolute atomic E-state index is 0.175. The van der Waals surface area contributed by atoms with Gasteiger partial charge in [0.05, 0.1) is 25.2 Å². The molecule has 0 amide bonds. The lowest BCUT2D eigenvalue weighted by Crippen LogP contribution is -2.43. The summed E-state index contributed by atoms with van der Waals surface area (Å²) >= 11 is 0. The molecule has 4 rings (SSSR count). The molecule has 0 aliphatic carbocycles. The summed E-state index contributed by atoms with van der Waals surface area (Å²) in [4.78, 5) is 9.24. The molecular formula is C18H20N4O. The Balaban J connectivity index is 1.84. The average molecular weight is 308 g/mol. The topological polar surface area (TPSA) is 44.9 Å². The van der Waals surface area contributed by atoms with Gasteiger partial charge in [0, 0.05) is 37.0 Å². The van der Waals surface area contributed by atoms with E-state index in [1.54, 1.807) is 0 Å². The van der Waals surface area contributed by atoms with Crippen molar-refractivity contribution in [2.75, 3.05) is 13.2 Å². The average Bonchev–Trinajstić information content (AvgIpc) is 3.12. The molecule has 23 heavy (non-hydrogen) atoms. The van der Waals surface area contributed by atoms with E-state index in [9.17, 15) is 0 Å². The van der Waals surface area contributed by atoms with Crippen molar-refractivity contribution >= 4 is 0 Å². The predicted octanol–water partition coefficient (Wildman–Crippen LogP) is 2.99. The molecule has 0 radical (unpaired) electrons. The minimum Gasteiger partial charge on any atom is -0.380 e. The van der Waals surface area contributed by atoms with Crippen LogP contribution in [-0.4, -0.2) is 32.3 Å². The number of nitrogens with zero attached hydrogens (tertiary/aromatic N) is 4. The van der Waals surface area contributed by atoms with E-state index in [1.807, 2.05) is 48.5 Å². The molecule has 0 saturated carbocycles. The largest absolute Gasteiger partial charge is 0.380 e. The molecule has 3 heterocycles. The van der Waals surface area contributed by atoms with Crippen LogP contribution in [-0.2, 0) is 18.3 Å². The van der Waals surface area contributed by atoms with Crippen molar-refractivity contribution in [3.63, 3.8) is 0 Å². The van der Waals surface area contributed by atoms with Crippen LogP contribution in [0.3, 0.4) is 0 Å². The van der Waals surface area contributed by atoms with E-state index in [4.69, 9.17) is 9.72 Å². The number of aromatic nitrogens is 4. The van der Waals surface area contributed by atoms with Crippen LogP contribution < -0.4 is 0 Å². The van der Waals surface area contributed by atoms with E-state index < -0.39 is 0 Å². The SMILES string of the molecule is Cn1ccnc1-c1c(-c2ccccc2)ncn1CC1(C)COC1. The molecule has 5 nitrogen and oxygen atoms in total. The summed E-state index contributed by atoms with van der Waals surface area (Å²) in [6.45, 7) is 4.73. The van der Waals surface area contributed by atoms with Gasteiger partial charge in [0.1, 0.15) is 5.69 Å². The lowest BCUT2D eigenvalue weighted by atomic mass is 9.88. The molecule has 1 aromatic carbocycles. The summed E-state index contributed by atoms with van der Waals surface area (Å²) in [5, 5.41) is 0. The maximum absolute atomic E-state index is 5.40. The standard InChI is InChI=1S/C18H20N4O/c1-18(11-23-12-18)10-22-13-20-15(14-6-4-3-5-7-14)16(22)17-19-8-9-21(17)2/h3-9,13H,10-12H2,1-2H3. The van der Waals surface area contributed by atoms with Gasteiger partial charge < -0.3 is 13.9 Å². The second-order valence-corrected chi connectivity index (χ2v) is 6.60. The van der Waals surface area contributed by atoms with Gasteiger partial charge in [-0.2, -0.15) is 0 Å². The highest BCUT2D eigenvalue weighted by Gasteiger charge is 2.35. The normalized spacial score (nSPS) is 16.3. The van der Waals surface area contributed by atoms with Crippen molar-refractivity contribution in [1.29, 1.82) is 0 Å². The molecule has 0 unspecified atom stereocenters. The fourth-order valence-corrected chi connectivity index (χ4v) is 3.09. The van der Waals surface area contributed by atoms with Crippen molar-refractivity contribution in [3.8, 4) is 22.8 Å². The molecule has 0 N–H and O–H groups in total. The molecule has 3 aromatic rings. The molecule has 1 fully saturated rings. The highest BCUT2D eigenvalue weighted by Crippen LogP contribution is 2.34. The monoisotopic (exact) mass is 308 g/mol. The van der Waals surface area contributed by atoms with E-state index in [2.05, 4.69) is 28.6 Å². The van der Waals surface area contributed by atoms with Crippen molar-refractivity contribution < 1.29 is 4.74 Å². The zero-order chi connectivity index (χ0) is 15.9. The van der Waals surface area contributed by atoms with Gasteiger partial charge in [-0.3, -0.25) is 0 Å². The van der Waals surface area contributed by atoms with E-state index >= 15 is 0 Å². The Bertz CT molecular complexity index is 815. The van der Waals surface area contributed by atoms with Crippen LogP contribution in [0, 0.1) is 5.41 Å². The molecule has 0 spiro atoms. The Kier molecular flexibility index (Phi) is 3.31.